The summed E-state index contributed by atoms with van der Waals surface area (Å²) in [5.41, 5.74) is 1.11. The molecule has 3 nitrogen and oxygen atoms in total. The molecule has 0 spiro atoms. The van der Waals surface area contributed by atoms with Gasteiger partial charge in [-0.25, -0.2) is 0 Å². The van der Waals surface area contributed by atoms with Crippen molar-refractivity contribution in [2.45, 2.75) is 24.7 Å². The fourth-order valence-electron chi connectivity index (χ4n) is 1.93. The maximum atomic E-state index is 12.8. The summed E-state index contributed by atoms with van der Waals surface area (Å²) in [5.74, 6) is -0.183. The number of hydrogen-bond donors (Lipinski definition) is 2. The van der Waals surface area contributed by atoms with Crippen LogP contribution < -0.4 is 5.32 Å². The second-order valence-electron chi connectivity index (χ2n) is 4.45. The summed E-state index contributed by atoms with van der Waals surface area (Å²) in [7, 11) is 0. The fourth-order valence-corrected chi connectivity index (χ4v) is 2.31. The number of nitrogens with one attached hydrogen (secondary N) is 2. The van der Waals surface area contributed by atoms with Gasteiger partial charge in [0.05, 0.1) is 22.6 Å². The zero-order valence-corrected chi connectivity index (χ0v) is 12.1. The quantitative estimate of drug-likeness (QED) is 0.783. The van der Waals surface area contributed by atoms with Gasteiger partial charge < -0.3 is 10.3 Å². The number of carbonyl (C=O) groups excluding carboxylic acids is 1. The van der Waals surface area contributed by atoms with Gasteiger partial charge in [0, 0.05) is 11.9 Å². The minimum absolute atomic E-state index is 0.176. The van der Waals surface area contributed by atoms with Crippen LogP contribution in [0.15, 0.2) is 41.3 Å². The Balaban J connectivity index is 2.07. The van der Waals surface area contributed by atoms with Gasteiger partial charge in [-0.1, -0.05) is 37.6 Å². The van der Waals surface area contributed by atoms with Crippen LogP contribution >= 0.6 is 12.1 Å². The highest BCUT2D eigenvalue weighted by Gasteiger charge is 2.11. The van der Waals surface area contributed by atoms with Crippen LogP contribution in [0.2, 0.25) is 0 Å². The summed E-state index contributed by atoms with van der Waals surface area (Å²) >= 11 is 0.176. The molecule has 0 saturated heterocycles. The van der Waals surface area contributed by atoms with Gasteiger partial charge in [0.1, 0.15) is 5.69 Å². The molecule has 0 unspecified atom stereocenters. The van der Waals surface area contributed by atoms with Crippen LogP contribution in [0.5, 0.6) is 0 Å². The molecule has 0 bridgehead atoms. The number of halogens is 1. The van der Waals surface area contributed by atoms with E-state index >= 15 is 0 Å². The van der Waals surface area contributed by atoms with E-state index in [1.54, 1.807) is 18.2 Å². The van der Waals surface area contributed by atoms with Crippen LogP contribution in [0.4, 0.5) is 3.89 Å². The predicted octanol–water partition coefficient (Wildman–Crippen LogP) is 4.23. The monoisotopic (exact) mass is 292 g/mol. The molecule has 1 aromatic carbocycles. The second kappa shape index (κ2) is 7.14. The first-order chi connectivity index (χ1) is 9.76. The maximum absolute atomic E-state index is 12.8. The molecule has 106 valence electrons. The van der Waals surface area contributed by atoms with Crippen LogP contribution in [0.3, 0.4) is 0 Å². The predicted molar refractivity (Wildman–Crippen MR) is 81.6 cm³/mol. The molecule has 0 radical (unpaired) electrons. The van der Waals surface area contributed by atoms with Crippen molar-refractivity contribution in [2.75, 3.05) is 6.54 Å². The standard InChI is InChI=1S/C15H17FN2OS/c1-2-3-4-5-9-17-15(19)12-10-11-7-6-8-13(20-16)14(11)18-12/h4-8,10,18H,2-3,9H2,1H3,(H,17,19)/b5-4-. The fraction of sp³-hybridized carbons (Fsp3) is 0.267. The summed E-state index contributed by atoms with van der Waals surface area (Å²) in [6, 6.07) is 7.04. The normalized spacial score (nSPS) is 11.3. The highest BCUT2D eigenvalue weighted by Crippen LogP contribution is 2.28. The number of aromatic amines is 1. The SMILES string of the molecule is CCC/C=C\CNC(=O)c1cc2cccc(SF)c2[nH]1. The Bertz CT molecular complexity index is 621. The summed E-state index contributed by atoms with van der Waals surface area (Å²) in [6.45, 7) is 2.60. The summed E-state index contributed by atoms with van der Waals surface area (Å²) < 4.78 is 12.8. The number of H-pyrrole nitrogens is 1. The summed E-state index contributed by atoms with van der Waals surface area (Å²) in [4.78, 5) is 15.4. The van der Waals surface area contributed by atoms with Gasteiger partial charge >= 0.3 is 0 Å². The number of amides is 1. The smallest absolute Gasteiger partial charge is 0.267 e. The van der Waals surface area contributed by atoms with Crippen LogP contribution in [0, 0.1) is 0 Å². The lowest BCUT2D eigenvalue weighted by Crippen LogP contribution is -2.23. The van der Waals surface area contributed by atoms with Gasteiger partial charge in [0.2, 0.25) is 0 Å². The minimum Gasteiger partial charge on any atom is -0.350 e. The van der Waals surface area contributed by atoms with E-state index in [1.807, 2.05) is 18.2 Å². The van der Waals surface area contributed by atoms with Crippen molar-refractivity contribution in [3.8, 4) is 0 Å². The van der Waals surface area contributed by atoms with Crippen molar-refractivity contribution in [3.63, 3.8) is 0 Å². The van der Waals surface area contributed by atoms with Gasteiger partial charge in [-0.05, 0) is 18.6 Å². The number of rotatable bonds is 6. The summed E-state index contributed by atoms with van der Waals surface area (Å²) in [6.07, 6.45) is 6.09. The van der Waals surface area contributed by atoms with Gasteiger partial charge in [0.25, 0.3) is 5.91 Å². The first-order valence-electron chi connectivity index (χ1n) is 6.59. The Kier molecular flexibility index (Phi) is 5.24. The highest BCUT2D eigenvalue weighted by atomic mass is 32.2. The van der Waals surface area contributed by atoms with E-state index in [0.717, 1.165) is 18.2 Å². The van der Waals surface area contributed by atoms with Gasteiger partial charge in [-0.3, -0.25) is 4.79 Å². The number of allylic oxidation sites excluding steroid dienone is 1. The van der Waals surface area contributed by atoms with Gasteiger partial charge in [-0.2, -0.15) is 3.89 Å². The minimum atomic E-state index is -0.183. The molecule has 1 aromatic heterocycles. The number of hydrogen-bond acceptors (Lipinski definition) is 2. The van der Waals surface area contributed by atoms with E-state index in [4.69, 9.17) is 0 Å². The zero-order chi connectivity index (χ0) is 14.4. The Morgan fingerprint density at radius 2 is 2.30 bits per heavy atom. The number of fused-ring (bicyclic) bond motifs is 1. The Labute approximate surface area is 121 Å². The Hall–Kier alpha value is -1.75. The Morgan fingerprint density at radius 3 is 3.05 bits per heavy atom. The molecule has 5 heteroatoms. The molecule has 0 aliphatic rings. The molecule has 2 N–H and O–H groups in total. The average Bonchev–Trinajstić information content (AvgIpc) is 2.90. The van der Waals surface area contributed by atoms with E-state index in [0.29, 0.717) is 22.7 Å². The first kappa shape index (κ1) is 14.7. The lowest BCUT2D eigenvalue weighted by atomic mass is 10.2. The number of benzene rings is 1. The molecule has 1 heterocycles. The molecule has 20 heavy (non-hydrogen) atoms. The van der Waals surface area contributed by atoms with Gasteiger partial charge in [-0.15, -0.1) is 0 Å². The van der Waals surface area contributed by atoms with Crippen molar-refractivity contribution in [2.24, 2.45) is 0 Å². The molecular weight excluding hydrogens is 275 g/mol. The van der Waals surface area contributed by atoms with E-state index in [9.17, 15) is 8.68 Å². The molecule has 2 aromatic rings. The molecule has 0 saturated carbocycles. The van der Waals surface area contributed by atoms with E-state index in [2.05, 4.69) is 17.2 Å². The van der Waals surface area contributed by atoms with Crippen LogP contribution in [-0.2, 0) is 0 Å². The molecule has 0 fully saturated rings. The maximum Gasteiger partial charge on any atom is 0.267 e. The largest absolute Gasteiger partial charge is 0.350 e. The van der Waals surface area contributed by atoms with Crippen molar-refractivity contribution < 1.29 is 8.68 Å². The first-order valence-corrected chi connectivity index (χ1v) is 7.31. The number of para-hydroxylation sites is 1. The molecular formula is C15H17FN2OS. The Morgan fingerprint density at radius 1 is 1.45 bits per heavy atom. The number of unbranched alkanes of at least 4 members (excludes halogenated alkanes) is 1. The highest BCUT2D eigenvalue weighted by molar-refractivity contribution is 7.94. The van der Waals surface area contributed by atoms with Crippen molar-refractivity contribution in [1.82, 2.24) is 10.3 Å². The zero-order valence-electron chi connectivity index (χ0n) is 11.3. The van der Waals surface area contributed by atoms with Crippen molar-refractivity contribution in [1.29, 1.82) is 0 Å². The lowest BCUT2D eigenvalue weighted by Gasteiger charge is -1.99. The third kappa shape index (κ3) is 3.42. The number of carbonyl (C=O) groups is 1. The average molecular weight is 292 g/mol. The third-order valence-corrected chi connectivity index (χ3v) is 3.45. The van der Waals surface area contributed by atoms with E-state index in [-0.39, 0.29) is 18.1 Å². The lowest BCUT2D eigenvalue weighted by molar-refractivity contribution is 0.0954. The summed E-state index contributed by atoms with van der Waals surface area (Å²) in [5, 5.41) is 3.63. The molecule has 0 atom stereocenters. The van der Waals surface area contributed by atoms with Crippen molar-refractivity contribution >= 4 is 29.0 Å². The topological polar surface area (TPSA) is 44.9 Å². The van der Waals surface area contributed by atoms with Crippen LogP contribution in [0.25, 0.3) is 10.9 Å². The van der Waals surface area contributed by atoms with E-state index in [1.165, 1.54) is 0 Å². The molecule has 2 rings (SSSR count). The number of aromatic nitrogens is 1. The molecule has 0 aliphatic carbocycles. The molecule has 1 amide bonds. The second-order valence-corrected chi connectivity index (χ2v) is 5.04. The van der Waals surface area contributed by atoms with Crippen LogP contribution in [0.1, 0.15) is 30.3 Å². The van der Waals surface area contributed by atoms with Gasteiger partial charge in [0.15, 0.2) is 0 Å². The van der Waals surface area contributed by atoms with Crippen molar-refractivity contribution in [3.05, 3.63) is 42.1 Å². The molecule has 0 aliphatic heterocycles. The van der Waals surface area contributed by atoms with Crippen LogP contribution in [-0.4, -0.2) is 17.4 Å². The third-order valence-electron chi connectivity index (χ3n) is 2.95. The van der Waals surface area contributed by atoms with E-state index < -0.39 is 0 Å².